The summed E-state index contributed by atoms with van der Waals surface area (Å²) in [4.78, 5) is 34.9. The largest absolute Gasteiger partial charge is 0.872 e. The van der Waals surface area contributed by atoms with Crippen LogP contribution in [0.3, 0.4) is 0 Å². The molecular weight excluding hydrogens is 328 g/mol. The lowest BCUT2D eigenvalue weighted by molar-refractivity contribution is -0.385. The molecule has 0 radical (unpaired) electrons. The van der Waals surface area contributed by atoms with E-state index in [1.807, 2.05) is 0 Å². The fourth-order valence-electron chi connectivity index (χ4n) is 3.17. The summed E-state index contributed by atoms with van der Waals surface area (Å²) in [5.74, 6) is -0.429. The van der Waals surface area contributed by atoms with Crippen LogP contribution in [-0.2, 0) is 4.79 Å². The van der Waals surface area contributed by atoms with Crippen molar-refractivity contribution in [2.24, 2.45) is 11.0 Å². The van der Waals surface area contributed by atoms with Crippen molar-refractivity contribution in [2.75, 3.05) is 0 Å². The molecule has 2 aliphatic rings. The molecule has 25 heavy (non-hydrogen) atoms. The van der Waals surface area contributed by atoms with Crippen LogP contribution in [-0.4, -0.2) is 33.6 Å². The number of hydrogen-bond acceptors (Lipinski definition) is 6. The minimum absolute atomic E-state index is 0.0620. The van der Waals surface area contributed by atoms with E-state index >= 15 is 0 Å². The second-order valence-corrected chi connectivity index (χ2v) is 6.54. The Balaban J connectivity index is 1.82. The van der Waals surface area contributed by atoms with Gasteiger partial charge in [-0.15, -0.1) is 5.01 Å². The molecule has 1 saturated heterocycles. The van der Waals surface area contributed by atoms with Crippen molar-refractivity contribution >= 4 is 23.8 Å². The number of hydrogen-bond donors (Lipinski definition) is 1. The molecule has 9 heteroatoms. The maximum absolute atomic E-state index is 12.6. The Labute approximate surface area is 143 Å². The van der Waals surface area contributed by atoms with Crippen LogP contribution in [0.2, 0.25) is 0 Å². The number of nitro benzene ring substituents is 1. The molecule has 1 aliphatic heterocycles. The monoisotopic (exact) mass is 345 g/mol. The van der Waals surface area contributed by atoms with E-state index in [4.69, 9.17) is 0 Å². The Morgan fingerprint density at radius 2 is 2.04 bits per heavy atom. The third-order valence-corrected chi connectivity index (χ3v) is 4.78. The van der Waals surface area contributed by atoms with Crippen molar-refractivity contribution in [3.63, 3.8) is 0 Å². The smallest absolute Gasteiger partial charge is 0.346 e. The zero-order valence-corrected chi connectivity index (χ0v) is 13.6. The summed E-state index contributed by atoms with van der Waals surface area (Å²) in [6.07, 6.45) is 3.78. The minimum atomic E-state index is -0.927. The van der Waals surface area contributed by atoms with Crippen LogP contribution in [0.15, 0.2) is 23.3 Å². The van der Waals surface area contributed by atoms with Crippen LogP contribution in [0.5, 0.6) is 5.75 Å². The van der Waals surface area contributed by atoms with E-state index < -0.39 is 28.2 Å². The second kappa shape index (κ2) is 6.15. The van der Waals surface area contributed by atoms with Gasteiger partial charge in [0.15, 0.2) is 0 Å². The van der Waals surface area contributed by atoms with E-state index in [1.54, 1.807) is 0 Å². The number of benzene rings is 1. The van der Waals surface area contributed by atoms with E-state index in [0.29, 0.717) is 23.8 Å². The van der Waals surface area contributed by atoms with Crippen LogP contribution in [0.4, 0.5) is 10.5 Å². The van der Waals surface area contributed by atoms with Gasteiger partial charge in [0.1, 0.15) is 5.54 Å². The molecule has 1 saturated carbocycles. The molecule has 0 bridgehead atoms. The van der Waals surface area contributed by atoms with Crippen molar-refractivity contribution < 1.29 is 19.6 Å². The summed E-state index contributed by atoms with van der Waals surface area (Å²) >= 11 is 0. The quantitative estimate of drug-likeness (QED) is 0.384. The van der Waals surface area contributed by atoms with Crippen LogP contribution in [0, 0.1) is 16.0 Å². The first kappa shape index (κ1) is 16.9. The third-order valence-electron chi connectivity index (χ3n) is 4.78. The lowest BCUT2D eigenvalue weighted by Crippen LogP contribution is -2.49. The molecule has 2 fully saturated rings. The van der Waals surface area contributed by atoms with Gasteiger partial charge in [-0.05, 0) is 37.2 Å². The maximum Gasteiger partial charge on any atom is 0.346 e. The van der Waals surface area contributed by atoms with Crippen LogP contribution in [0.25, 0.3) is 0 Å². The number of rotatable bonds is 3. The molecule has 1 aliphatic carbocycles. The Morgan fingerprint density at radius 3 is 2.68 bits per heavy atom. The lowest BCUT2D eigenvalue weighted by Gasteiger charge is -2.33. The summed E-state index contributed by atoms with van der Waals surface area (Å²) in [5, 5.41) is 29.8. The number of carbonyl (C=O) groups excluding carboxylic acids is 2. The molecule has 1 aromatic rings. The minimum Gasteiger partial charge on any atom is -0.872 e. The Bertz CT molecular complexity index is 768. The van der Waals surface area contributed by atoms with Gasteiger partial charge in [-0.2, -0.15) is 5.10 Å². The molecule has 1 N–H and O–H groups in total. The predicted molar refractivity (Wildman–Crippen MR) is 85.9 cm³/mol. The number of non-ortho nitro benzene ring substituents is 1. The van der Waals surface area contributed by atoms with Gasteiger partial charge in [-0.3, -0.25) is 14.9 Å². The van der Waals surface area contributed by atoms with Gasteiger partial charge in [0.25, 0.3) is 11.6 Å². The molecule has 9 nitrogen and oxygen atoms in total. The SMILES string of the molecule is CC1CCC2(CC1)NC(=O)N(/N=C\c1cc([N+](=O)[O-])ccc1[O-])C2=O. The van der Waals surface area contributed by atoms with Gasteiger partial charge in [-0.1, -0.05) is 18.7 Å². The van der Waals surface area contributed by atoms with Crippen LogP contribution >= 0.6 is 0 Å². The summed E-state index contributed by atoms with van der Waals surface area (Å²) in [6.45, 7) is 2.10. The average molecular weight is 345 g/mol. The summed E-state index contributed by atoms with van der Waals surface area (Å²) in [7, 11) is 0. The fraction of sp³-hybridized carbons (Fsp3) is 0.438. The maximum atomic E-state index is 12.6. The highest BCUT2D eigenvalue weighted by Gasteiger charge is 2.52. The summed E-state index contributed by atoms with van der Waals surface area (Å²) in [6, 6.07) is 2.55. The molecule has 3 rings (SSSR count). The first-order chi connectivity index (χ1) is 11.8. The first-order valence-electron chi connectivity index (χ1n) is 7.98. The zero-order valence-electron chi connectivity index (χ0n) is 13.6. The summed E-state index contributed by atoms with van der Waals surface area (Å²) in [5.41, 5.74) is -1.26. The van der Waals surface area contributed by atoms with Crippen molar-refractivity contribution in [2.45, 2.75) is 38.1 Å². The Hall–Kier alpha value is -2.97. The van der Waals surface area contributed by atoms with Gasteiger partial charge < -0.3 is 10.4 Å². The number of nitrogens with one attached hydrogen (secondary N) is 1. The number of nitrogens with zero attached hydrogens (tertiary/aromatic N) is 3. The van der Waals surface area contributed by atoms with Gasteiger partial charge in [0, 0.05) is 12.1 Å². The lowest BCUT2D eigenvalue weighted by atomic mass is 9.77. The van der Waals surface area contributed by atoms with E-state index in [-0.39, 0.29) is 11.3 Å². The standard InChI is InChI=1S/C16H18N4O5/c1-10-4-6-16(7-5-10)14(22)19(15(23)18-16)17-9-11-8-12(20(24)25)2-3-13(11)21/h2-3,8-10,21H,4-7H2,1H3,(H,18,23)/p-1/b17-9-. The Morgan fingerprint density at radius 1 is 1.36 bits per heavy atom. The molecule has 0 atom stereocenters. The van der Waals surface area contributed by atoms with Crippen molar-refractivity contribution in [3.05, 3.63) is 33.9 Å². The highest BCUT2D eigenvalue weighted by Crippen LogP contribution is 2.36. The van der Waals surface area contributed by atoms with Crippen molar-refractivity contribution in [1.82, 2.24) is 10.3 Å². The third kappa shape index (κ3) is 3.04. The normalized spacial score (nSPS) is 26.4. The molecule has 132 valence electrons. The fourth-order valence-corrected chi connectivity index (χ4v) is 3.17. The zero-order chi connectivity index (χ0) is 18.2. The predicted octanol–water partition coefficient (Wildman–Crippen LogP) is 1.50. The molecular formula is C16H17N4O5-. The number of imide groups is 1. The number of carbonyl (C=O) groups is 2. The first-order valence-corrected chi connectivity index (χ1v) is 7.98. The highest BCUT2D eigenvalue weighted by atomic mass is 16.6. The van der Waals surface area contributed by atoms with E-state index in [0.717, 1.165) is 37.3 Å². The van der Waals surface area contributed by atoms with Gasteiger partial charge in [-0.25, -0.2) is 4.79 Å². The molecule has 1 aromatic carbocycles. The molecule has 0 unspecified atom stereocenters. The Kier molecular flexibility index (Phi) is 4.15. The van der Waals surface area contributed by atoms with E-state index in [2.05, 4.69) is 17.3 Å². The van der Waals surface area contributed by atoms with Crippen LogP contribution in [0.1, 0.15) is 38.2 Å². The topological polar surface area (TPSA) is 128 Å². The van der Waals surface area contributed by atoms with E-state index in [1.165, 1.54) is 0 Å². The summed E-state index contributed by atoms with van der Waals surface area (Å²) < 4.78 is 0. The molecule has 0 aromatic heterocycles. The number of amides is 3. The van der Waals surface area contributed by atoms with E-state index in [9.17, 15) is 24.8 Å². The van der Waals surface area contributed by atoms with Gasteiger partial charge >= 0.3 is 6.03 Å². The van der Waals surface area contributed by atoms with Crippen molar-refractivity contribution in [3.8, 4) is 5.75 Å². The number of nitro groups is 1. The average Bonchev–Trinajstić information content (AvgIpc) is 2.80. The highest BCUT2D eigenvalue weighted by molar-refractivity contribution is 6.07. The molecule has 3 amide bonds. The molecule has 1 heterocycles. The van der Waals surface area contributed by atoms with Gasteiger partial charge in [0.2, 0.25) is 0 Å². The van der Waals surface area contributed by atoms with Gasteiger partial charge in [0.05, 0.1) is 11.1 Å². The second-order valence-electron chi connectivity index (χ2n) is 6.54. The van der Waals surface area contributed by atoms with Crippen LogP contribution < -0.4 is 10.4 Å². The number of hydrazone groups is 1. The van der Waals surface area contributed by atoms with Crippen molar-refractivity contribution in [1.29, 1.82) is 0 Å². The molecule has 1 spiro atoms. The number of urea groups is 1.